The van der Waals surface area contributed by atoms with E-state index in [1.54, 1.807) is 39.8 Å². The molecule has 4 amide bonds. The number of aromatic hydroxyl groups is 1. The minimum Gasteiger partial charge on any atom is -0.507 e. The summed E-state index contributed by atoms with van der Waals surface area (Å²) in [4.78, 5) is 54.8. The van der Waals surface area contributed by atoms with Crippen LogP contribution >= 0.6 is 0 Å². The molecule has 5 N–H and O–H groups in total. The molecule has 0 spiro atoms. The van der Waals surface area contributed by atoms with Crippen molar-refractivity contribution < 1.29 is 29.4 Å². The summed E-state index contributed by atoms with van der Waals surface area (Å²) >= 11 is 0. The number of carbonyl (C=O) groups is 4. The van der Waals surface area contributed by atoms with E-state index in [2.05, 4.69) is 16.0 Å². The van der Waals surface area contributed by atoms with Crippen molar-refractivity contribution in [3.63, 3.8) is 0 Å². The first-order valence-corrected chi connectivity index (χ1v) is 13.1. The Morgan fingerprint density at radius 3 is 2.21 bits per heavy atom. The Hall–Kier alpha value is -3.92. The maximum Gasteiger partial charge on any atom is 0.255 e. The maximum atomic E-state index is 13.7. The van der Waals surface area contributed by atoms with Crippen molar-refractivity contribution in [1.29, 1.82) is 0 Å². The lowest BCUT2D eigenvalue weighted by molar-refractivity contribution is -0.147. The molecule has 0 aliphatic carbocycles. The van der Waals surface area contributed by atoms with Gasteiger partial charge < -0.3 is 31.1 Å². The number of rotatable bonds is 5. The third-order valence-corrected chi connectivity index (χ3v) is 7.19. The maximum absolute atomic E-state index is 13.7. The van der Waals surface area contributed by atoms with E-state index in [1.165, 1.54) is 24.1 Å². The highest BCUT2D eigenvalue weighted by Gasteiger charge is 2.40. The highest BCUT2D eigenvalue weighted by molar-refractivity contribution is 6.00. The van der Waals surface area contributed by atoms with E-state index in [0.29, 0.717) is 0 Å². The van der Waals surface area contributed by atoms with Gasteiger partial charge in [0.05, 0.1) is 29.7 Å². The number of benzene rings is 2. The van der Waals surface area contributed by atoms with Crippen molar-refractivity contribution in [3.05, 3.63) is 65.7 Å². The lowest BCUT2D eigenvalue weighted by atomic mass is 9.90. The number of amides is 4. The molecular formula is C29H38N4O6. The molecule has 6 atom stereocenters. The Bertz CT molecular complexity index is 1190. The number of nitrogens with zero attached hydrogens (tertiary/aromatic N) is 1. The number of phenols is 1. The molecule has 10 nitrogen and oxygen atoms in total. The molecule has 1 aliphatic rings. The summed E-state index contributed by atoms with van der Waals surface area (Å²) in [7, 11) is 1.52. The van der Waals surface area contributed by atoms with E-state index in [-0.39, 0.29) is 23.7 Å². The fourth-order valence-corrected chi connectivity index (χ4v) is 4.97. The van der Waals surface area contributed by atoms with E-state index in [4.69, 9.17) is 0 Å². The molecule has 210 valence electrons. The Morgan fingerprint density at radius 2 is 1.59 bits per heavy atom. The fourth-order valence-electron chi connectivity index (χ4n) is 4.97. The van der Waals surface area contributed by atoms with Crippen LogP contribution < -0.4 is 16.0 Å². The molecule has 2 aromatic rings. The highest BCUT2D eigenvalue weighted by atomic mass is 16.3. The van der Waals surface area contributed by atoms with Gasteiger partial charge in [-0.15, -0.1) is 0 Å². The molecule has 1 fully saturated rings. The van der Waals surface area contributed by atoms with Crippen molar-refractivity contribution >= 4 is 23.6 Å². The van der Waals surface area contributed by atoms with Gasteiger partial charge in [0.1, 0.15) is 17.8 Å². The zero-order valence-corrected chi connectivity index (χ0v) is 22.9. The molecule has 10 heteroatoms. The van der Waals surface area contributed by atoms with Crippen LogP contribution in [0.2, 0.25) is 0 Å². The molecule has 0 saturated carbocycles. The van der Waals surface area contributed by atoms with Crippen molar-refractivity contribution in [1.82, 2.24) is 20.9 Å². The van der Waals surface area contributed by atoms with Crippen LogP contribution in [-0.4, -0.2) is 76.1 Å². The van der Waals surface area contributed by atoms with E-state index in [1.807, 2.05) is 30.3 Å². The third kappa shape index (κ3) is 6.94. The van der Waals surface area contributed by atoms with Gasteiger partial charge in [-0.3, -0.25) is 19.2 Å². The monoisotopic (exact) mass is 538 g/mol. The molecular weight excluding hydrogens is 500 g/mol. The van der Waals surface area contributed by atoms with Crippen molar-refractivity contribution in [2.75, 3.05) is 7.05 Å². The SMILES string of the molecule is CC(C)C1C(=O)N[C@H](C)[C@H](NC(=O)c2ccccc2O)C(=O)N[C@@H](Cc2ccccc2)[C@@H](O)[C@@H](C)C(=O)N1C. The van der Waals surface area contributed by atoms with Gasteiger partial charge in [0.2, 0.25) is 17.7 Å². The molecule has 2 aromatic carbocycles. The second-order valence-electron chi connectivity index (χ2n) is 10.5. The van der Waals surface area contributed by atoms with Gasteiger partial charge in [0, 0.05) is 7.05 Å². The summed E-state index contributed by atoms with van der Waals surface area (Å²) in [5.41, 5.74) is 0.799. The predicted octanol–water partition coefficient (Wildman–Crippen LogP) is 1.22. The molecule has 0 radical (unpaired) electrons. The first kappa shape index (κ1) is 29.6. The minimum absolute atomic E-state index is 0.0326. The number of phenolic OH excluding ortho intramolecular Hbond substituents is 1. The second-order valence-corrected chi connectivity index (χ2v) is 10.5. The second kappa shape index (κ2) is 12.8. The van der Waals surface area contributed by atoms with Crippen molar-refractivity contribution in [2.24, 2.45) is 11.8 Å². The van der Waals surface area contributed by atoms with Gasteiger partial charge in [-0.1, -0.05) is 63.2 Å². The summed E-state index contributed by atoms with van der Waals surface area (Å²) < 4.78 is 0. The van der Waals surface area contributed by atoms with Gasteiger partial charge in [0.15, 0.2) is 0 Å². The average Bonchev–Trinajstić information content (AvgIpc) is 2.89. The molecule has 3 rings (SSSR count). The molecule has 39 heavy (non-hydrogen) atoms. The molecule has 1 aliphatic heterocycles. The summed E-state index contributed by atoms with van der Waals surface area (Å²) in [5.74, 6) is -3.76. The van der Waals surface area contributed by atoms with Gasteiger partial charge in [-0.05, 0) is 37.0 Å². The summed E-state index contributed by atoms with van der Waals surface area (Å²) in [6, 6.07) is 11.2. The Morgan fingerprint density at radius 1 is 0.974 bits per heavy atom. The van der Waals surface area contributed by atoms with Crippen LogP contribution in [0.1, 0.15) is 43.6 Å². The van der Waals surface area contributed by atoms with E-state index >= 15 is 0 Å². The zero-order chi connectivity index (χ0) is 28.9. The van der Waals surface area contributed by atoms with Crippen LogP contribution in [-0.2, 0) is 20.8 Å². The largest absolute Gasteiger partial charge is 0.507 e. The lowest BCUT2D eigenvalue weighted by Gasteiger charge is -2.38. The first-order chi connectivity index (χ1) is 18.4. The van der Waals surface area contributed by atoms with Gasteiger partial charge in [-0.25, -0.2) is 0 Å². The quantitative estimate of drug-likeness (QED) is 0.387. The number of carbonyl (C=O) groups excluding carboxylic acids is 4. The number of likely N-dealkylation sites (N-methyl/N-ethyl adjacent to an activating group) is 1. The molecule has 0 bridgehead atoms. The summed E-state index contributed by atoms with van der Waals surface area (Å²) in [6.45, 7) is 6.74. The Labute approximate surface area is 228 Å². The normalized spacial score (nSPS) is 26.7. The predicted molar refractivity (Wildman–Crippen MR) is 146 cm³/mol. The minimum atomic E-state index is -1.29. The van der Waals surface area contributed by atoms with Crippen molar-refractivity contribution in [2.45, 2.75) is 64.4 Å². The fraction of sp³-hybridized carbons (Fsp3) is 0.448. The number of aliphatic hydroxyl groups is 1. The molecule has 0 aromatic heterocycles. The van der Waals surface area contributed by atoms with Crippen molar-refractivity contribution in [3.8, 4) is 5.75 Å². The van der Waals surface area contributed by atoms with Crippen LogP contribution in [0.25, 0.3) is 0 Å². The van der Waals surface area contributed by atoms with E-state index in [9.17, 15) is 29.4 Å². The molecule has 1 saturated heterocycles. The summed E-state index contributed by atoms with van der Waals surface area (Å²) in [5, 5.41) is 29.7. The summed E-state index contributed by atoms with van der Waals surface area (Å²) in [6.07, 6.45) is -1.06. The topological polar surface area (TPSA) is 148 Å². The smallest absolute Gasteiger partial charge is 0.255 e. The number of nitrogens with one attached hydrogen (secondary N) is 3. The standard InChI is InChI=1S/C29H38N4O6/c1-16(2)24-28(38)30-18(4)23(32-26(36)20-13-9-10-14-22(20)34)27(37)31-21(15-19-11-7-6-8-12-19)25(35)17(3)29(39)33(24)5/h6-14,16-18,21,23-25,34-35H,15H2,1-5H3,(H,30,38)(H,31,37)(H,32,36)/t17-,18-,21+,23+,24?,25+/m1/s1. The first-order valence-electron chi connectivity index (χ1n) is 13.1. The van der Waals surface area contributed by atoms with Crippen LogP contribution in [0.4, 0.5) is 0 Å². The van der Waals surface area contributed by atoms with E-state index in [0.717, 1.165) is 5.56 Å². The lowest BCUT2D eigenvalue weighted by Crippen LogP contribution is -2.64. The van der Waals surface area contributed by atoms with Gasteiger partial charge in [0.25, 0.3) is 5.91 Å². The third-order valence-electron chi connectivity index (χ3n) is 7.19. The van der Waals surface area contributed by atoms with Crippen LogP contribution in [0.3, 0.4) is 0 Å². The Balaban J connectivity index is 2.03. The molecule has 1 unspecified atom stereocenters. The number of para-hydroxylation sites is 1. The number of hydrogen-bond donors (Lipinski definition) is 5. The van der Waals surface area contributed by atoms with Crippen LogP contribution in [0.15, 0.2) is 54.6 Å². The number of aliphatic hydroxyl groups excluding tert-OH is 1. The Kier molecular flexibility index (Phi) is 9.69. The van der Waals surface area contributed by atoms with Gasteiger partial charge in [-0.2, -0.15) is 0 Å². The highest BCUT2D eigenvalue weighted by Crippen LogP contribution is 2.21. The zero-order valence-electron chi connectivity index (χ0n) is 22.9. The molecule has 1 heterocycles. The van der Waals surface area contributed by atoms with Crippen LogP contribution in [0, 0.1) is 11.8 Å². The van der Waals surface area contributed by atoms with E-state index < -0.39 is 59.8 Å². The average molecular weight is 539 g/mol. The van der Waals surface area contributed by atoms with Crippen LogP contribution in [0.5, 0.6) is 5.75 Å². The number of hydrogen-bond acceptors (Lipinski definition) is 6. The van der Waals surface area contributed by atoms with Gasteiger partial charge >= 0.3 is 0 Å².